The Balaban J connectivity index is 1.45. The van der Waals surface area contributed by atoms with Crippen molar-refractivity contribution in [3.05, 3.63) is 34.2 Å². The van der Waals surface area contributed by atoms with Crippen LogP contribution in [0.3, 0.4) is 0 Å². The summed E-state index contributed by atoms with van der Waals surface area (Å²) >= 11 is 1.83. The predicted molar refractivity (Wildman–Crippen MR) is 139 cm³/mol. The summed E-state index contributed by atoms with van der Waals surface area (Å²) in [5.41, 5.74) is 1.04. The molecule has 32 heavy (non-hydrogen) atoms. The standard InChI is InChI=1S/C28H44O3S/c1-3-4-5-6-7-8-9-10-11-12-13-14-15-16-17-18-19-32-27-21-24-25(29)22-28(30)31-26(24)20-23(27)2/h20-22,29H,3-19H2,1-2H3. The first kappa shape index (κ1) is 26.8. The van der Waals surface area contributed by atoms with Crippen LogP contribution in [0.5, 0.6) is 5.75 Å². The Hall–Kier alpha value is -1.42. The number of rotatable bonds is 18. The summed E-state index contributed by atoms with van der Waals surface area (Å²) in [7, 11) is 0. The lowest BCUT2D eigenvalue weighted by Crippen LogP contribution is -1.96. The molecule has 1 heterocycles. The molecular weight excluding hydrogens is 416 g/mol. The molecule has 180 valence electrons. The highest BCUT2D eigenvalue weighted by Gasteiger charge is 2.09. The van der Waals surface area contributed by atoms with Crippen molar-refractivity contribution in [2.24, 2.45) is 0 Å². The molecule has 1 aromatic heterocycles. The third kappa shape index (κ3) is 10.5. The van der Waals surface area contributed by atoms with Gasteiger partial charge in [-0.05, 0) is 36.8 Å². The van der Waals surface area contributed by atoms with Crippen LogP contribution in [0.25, 0.3) is 11.0 Å². The second-order valence-corrected chi connectivity index (χ2v) is 10.4. The number of benzene rings is 1. The fourth-order valence-corrected chi connectivity index (χ4v) is 5.32. The molecule has 0 aliphatic rings. The largest absolute Gasteiger partial charge is 0.507 e. The van der Waals surface area contributed by atoms with Crippen molar-refractivity contribution in [1.82, 2.24) is 0 Å². The van der Waals surface area contributed by atoms with Gasteiger partial charge in [-0.3, -0.25) is 0 Å². The van der Waals surface area contributed by atoms with Gasteiger partial charge in [-0.1, -0.05) is 103 Å². The van der Waals surface area contributed by atoms with Crippen LogP contribution < -0.4 is 5.63 Å². The average Bonchev–Trinajstić information content (AvgIpc) is 2.76. The molecule has 1 aromatic carbocycles. The summed E-state index contributed by atoms with van der Waals surface area (Å²) in [5, 5.41) is 10.6. The van der Waals surface area contributed by atoms with Crippen LogP contribution in [0.15, 0.2) is 32.3 Å². The van der Waals surface area contributed by atoms with E-state index in [9.17, 15) is 9.90 Å². The van der Waals surface area contributed by atoms with Crippen molar-refractivity contribution >= 4 is 22.7 Å². The lowest BCUT2D eigenvalue weighted by atomic mass is 10.0. The number of hydrogen-bond acceptors (Lipinski definition) is 4. The molecule has 0 unspecified atom stereocenters. The van der Waals surface area contributed by atoms with Crippen molar-refractivity contribution in [2.45, 2.75) is 121 Å². The predicted octanol–water partition coefficient (Wildman–Crippen LogP) is 9.16. The van der Waals surface area contributed by atoms with E-state index in [4.69, 9.17) is 4.42 Å². The molecule has 0 saturated heterocycles. The van der Waals surface area contributed by atoms with Crippen molar-refractivity contribution in [1.29, 1.82) is 0 Å². The monoisotopic (exact) mass is 460 g/mol. The van der Waals surface area contributed by atoms with E-state index in [-0.39, 0.29) is 5.75 Å². The Morgan fingerprint density at radius 2 is 1.25 bits per heavy atom. The maximum absolute atomic E-state index is 11.4. The third-order valence-corrected chi connectivity index (χ3v) is 7.52. The van der Waals surface area contributed by atoms with Crippen LogP contribution in [-0.4, -0.2) is 10.9 Å². The van der Waals surface area contributed by atoms with E-state index < -0.39 is 5.63 Å². The Bertz CT molecular complexity index is 827. The van der Waals surface area contributed by atoms with Crippen molar-refractivity contribution in [3.8, 4) is 5.75 Å². The zero-order valence-electron chi connectivity index (χ0n) is 20.4. The molecule has 0 spiro atoms. The van der Waals surface area contributed by atoms with Crippen molar-refractivity contribution in [2.75, 3.05) is 5.75 Å². The molecular formula is C28H44O3S. The zero-order chi connectivity index (χ0) is 23.0. The first-order valence-corrected chi connectivity index (χ1v) is 14.0. The molecule has 0 aliphatic carbocycles. The van der Waals surface area contributed by atoms with Gasteiger partial charge < -0.3 is 9.52 Å². The SMILES string of the molecule is CCCCCCCCCCCCCCCCCCSc1cc2c(O)cc(=O)oc2cc1C. The Morgan fingerprint density at radius 3 is 1.78 bits per heavy atom. The number of fused-ring (bicyclic) bond motifs is 1. The summed E-state index contributed by atoms with van der Waals surface area (Å²) in [6.45, 7) is 4.31. The summed E-state index contributed by atoms with van der Waals surface area (Å²) in [4.78, 5) is 12.6. The van der Waals surface area contributed by atoms with Crippen LogP contribution in [0.2, 0.25) is 0 Å². The fraction of sp³-hybridized carbons (Fsp3) is 0.679. The Morgan fingerprint density at radius 1 is 0.750 bits per heavy atom. The van der Waals surface area contributed by atoms with Crippen LogP contribution >= 0.6 is 11.8 Å². The highest BCUT2D eigenvalue weighted by Crippen LogP contribution is 2.31. The second kappa shape index (κ2) is 16.2. The van der Waals surface area contributed by atoms with Crippen molar-refractivity contribution in [3.63, 3.8) is 0 Å². The molecule has 0 radical (unpaired) electrons. The molecule has 0 aliphatic heterocycles. The van der Waals surface area contributed by atoms with Gasteiger partial charge in [0.05, 0.1) is 11.5 Å². The molecule has 0 saturated carbocycles. The van der Waals surface area contributed by atoms with E-state index in [1.807, 2.05) is 30.8 Å². The molecule has 0 atom stereocenters. The lowest BCUT2D eigenvalue weighted by molar-refractivity contribution is 0.468. The van der Waals surface area contributed by atoms with E-state index in [0.717, 1.165) is 22.3 Å². The van der Waals surface area contributed by atoms with Gasteiger partial charge in [0.1, 0.15) is 11.3 Å². The molecule has 0 amide bonds. The van der Waals surface area contributed by atoms with E-state index in [2.05, 4.69) is 6.92 Å². The minimum absolute atomic E-state index is 0.000471. The smallest absolute Gasteiger partial charge is 0.339 e. The van der Waals surface area contributed by atoms with Crippen molar-refractivity contribution < 1.29 is 9.52 Å². The van der Waals surface area contributed by atoms with Crippen LogP contribution in [0.4, 0.5) is 0 Å². The topological polar surface area (TPSA) is 50.4 Å². The average molecular weight is 461 g/mol. The van der Waals surface area contributed by atoms with Crippen LogP contribution in [0.1, 0.15) is 115 Å². The number of thioether (sulfide) groups is 1. The van der Waals surface area contributed by atoms with E-state index >= 15 is 0 Å². The Kier molecular flexibility index (Phi) is 13.6. The minimum Gasteiger partial charge on any atom is -0.507 e. The van der Waals surface area contributed by atoms with Gasteiger partial charge >= 0.3 is 5.63 Å². The summed E-state index contributed by atoms with van der Waals surface area (Å²) in [6, 6.07) is 4.94. The molecule has 1 N–H and O–H groups in total. The normalized spacial score (nSPS) is 11.4. The zero-order valence-corrected chi connectivity index (χ0v) is 21.2. The number of aryl methyl sites for hydroxylation is 1. The van der Waals surface area contributed by atoms with Gasteiger partial charge in [0, 0.05) is 4.90 Å². The van der Waals surface area contributed by atoms with Gasteiger partial charge in [-0.15, -0.1) is 11.8 Å². The molecule has 4 heteroatoms. The maximum atomic E-state index is 11.4. The van der Waals surface area contributed by atoms with Gasteiger partial charge in [-0.25, -0.2) is 4.79 Å². The van der Waals surface area contributed by atoms with Gasteiger partial charge in [0.15, 0.2) is 0 Å². The highest BCUT2D eigenvalue weighted by molar-refractivity contribution is 7.99. The third-order valence-electron chi connectivity index (χ3n) is 6.27. The highest BCUT2D eigenvalue weighted by atomic mass is 32.2. The summed E-state index contributed by atoms with van der Waals surface area (Å²) < 4.78 is 5.19. The summed E-state index contributed by atoms with van der Waals surface area (Å²) in [5.74, 6) is 1.09. The Labute approximate surface area is 199 Å². The lowest BCUT2D eigenvalue weighted by Gasteiger charge is -2.08. The quantitative estimate of drug-likeness (QED) is 0.137. The molecule has 3 nitrogen and oxygen atoms in total. The van der Waals surface area contributed by atoms with Gasteiger partial charge in [0.2, 0.25) is 0 Å². The fourth-order valence-electron chi connectivity index (χ4n) is 4.26. The summed E-state index contributed by atoms with van der Waals surface area (Å²) in [6.07, 6.45) is 22.2. The van der Waals surface area contributed by atoms with E-state index in [1.54, 1.807) is 0 Å². The first-order valence-electron chi connectivity index (χ1n) is 13.0. The number of unbranched alkanes of at least 4 members (excludes halogenated alkanes) is 15. The molecule has 2 aromatic rings. The second-order valence-electron chi connectivity index (χ2n) is 9.22. The maximum Gasteiger partial charge on any atom is 0.339 e. The van der Waals surface area contributed by atoms with Crippen LogP contribution in [0, 0.1) is 6.92 Å². The molecule has 0 fully saturated rings. The van der Waals surface area contributed by atoms with Crippen LogP contribution in [-0.2, 0) is 0 Å². The van der Waals surface area contributed by atoms with Gasteiger partial charge in [-0.2, -0.15) is 0 Å². The minimum atomic E-state index is -0.511. The molecule has 2 rings (SSSR count). The van der Waals surface area contributed by atoms with E-state index in [0.29, 0.717) is 11.0 Å². The van der Waals surface area contributed by atoms with E-state index in [1.165, 1.54) is 103 Å². The number of hydrogen-bond donors (Lipinski definition) is 1. The first-order chi connectivity index (χ1) is 15.6. The molecule has 0 bridgehead atoms. The number of aromatic hydroxyl groups is 1. The van der Waals surface area contributed by atoms with Gasteiger partial charge in [0.25, 0.3) is 0 Å².